The number of methoxy groups -OCH3 is 1. The van der Waals surface area contributed by atoms with Gasteiger partial charge in [-0.1, -0.05) is 35.9 Å². The fourth-order valence-corrected chi connectivity index (χ4v) is 3.19. The third-order valence-electron chi connectivity index (χ3n) is 2.88. The summed E-state index contributed by atoms with van der Waals surface area (Å²) in [7, 11) is 1.60. The Hall–Kier alpha value is -0.830. The maximum Gasteiger partial charge on any atom is 0.137 e. The largest absolute Gasteiger partial charge is 0.495 e. The molecule has 1 unspecified atom stereocenters. The average Bonchev–Trinajstić information content (AvgIpc) is 2.46. The third-order valence-corrected chi connectivity index (χ3v) is 4.47. The van der Waals surface area contributed by atoms with E-state index in [2.05, 4.69) is 6.07 Å². The van der Waals surface area contributed by atoms with E-state index in [1.165, 1.54) is 4.90 Å². The van der Waals surface area contributed by atoms with Gasteiger partial charge in [0, 0.05) is 4.90 Å². The fraction of sp³-hybridized carbons (Fsp3) is 0.200. The molecule has 0 radical (unpaired) electrons. The van der Waals surface area contributed by atoms with Gasteiger partial charge in [0.15, 0.2) is 0 Å². The molecule has 0 aromatic heterocycles. The number of hydrogen-bond donors (Lipinski definition) is 0. The van der Waals surface area contributed by atoms with Crippen LogP contribution in [-0.4, -0.2) is 13.4 Å². The minimum Gasteiger partial charge on any atom is -0.495 e. The monoisotopic (exact) mass is 312 g/mol. The Kier molecular flexibility index (Phi) is 5.03. The van der Waals surface area contributed by atoms with Crippen LogP contribution in [0, 0.1) is 0 Å². The molecule has 0 aliphatic carbocycles. The summed E-state index contributed by atoms with van der Waals surface area (Å²) in [6.07, 6.45) is 2.05. The number of ether oxygens (including phenoxy) is 1. The van der Waals surface area contributed by atoms with Gasteiger partial charge < -0.3 is 4.74 Å². The summed E-state index contributed by atoms with van der Waals surface area (Å²) in [5.74, 6) is 0.660. The van der Waals surface area contributed by atoms with E-state index >= 15 is 0 Å². The van der Waals surface area contributed by atoms with Crippen LogP contribution in [0.3, 0.4) is 0 Å². The summed E-state index contributed by atoms with van der Waals surface area (Å²) in [6.45, 7) is 0. The van der Waals surface area contributed by atoms with Gasteiger partial charge in [0.2, 0.25) is 0 Å². The van der Waals surface area contributed by atoms with Gasteiger partial charge in [-0.3, -0.25) is 0 Å². The molecule has 0 aliphatic heterocycles. The first-order valence-corrected chi connectivity index (χ1v) is 7.81. The number of halogens is 2. The second-order valence-electron chi connectivity index (χ2n) is 4.00. The van der Waals surface area contributed by atoms with Crippen LogP contribution in [0.5, 0.6) is 5.75 Å². The molecule has 0 fully saturated rings. The molecule has 19 heavy (non-hydrogen) atoms. The van der Waals surface area contributed by atoms with Crippen LogP contribution in [0.25, 0.3) is 0 Å². The molecule has 100 valence electrons. The lowest BCUT2D eigenvalue weighted by molar-refractivity contribution is 0.415. The van der Waals surface area contributed by atoms with Crippen LogP contribution in [0.2, 0.25) is 5.02 Å². The summed E-state index contributed by atoms with van der Waals surface area (Å²) in [6, 6.07) is 13.8. The second-order valence-corrected chi connectivity index (χ2v) is 5.69. The van der Waals surface area contributed by atoms with Crippen molar-refractivity contribution in [2.75, 3.05) is 13.4 Å². The summed E-state index contributed by atoms with van der Waals surface area (Å²) in [5, 5.41) is 0.360. The lowest BCUT2D eigenvalue weighted by Crippen LogP contribution is -1.96. The van der Waals surface area contributed by atoms with E-state index < -0.39 is 0 Å². The minimum absolute atomic E-state index is 0.216. The zero-order chi connectivity index (χ0) is 13.8. The van der Waals surface area contributed by atoms with Crippen LogP contribution in [0.15, 0.2) is 47.4 Å². The van der Waals surface area contributed by atoms with Crippen LogP contribution < -0.4 is 4.74 Å². The second kappa shape index (κ2) is 6.56. The van der Waals surface area contributed by atoms with Crippen molar-refractivity contribution in [1.29, 1.82) is 0 Å². The lowest BCUT2D eigenvalue weighted by atomic mass is 10.0. The smallest absolute Gasteiger partial charge is 0.137 e. The number of alkyl halides is 1. The van der Waals surface area contributed by atoms with Crippen molar-refractivity contribution < 1.29 is 4.74 Å². The van der Waals surface area contributed by atoms with Gasteiger partial charge in [0.1, 0.15) is 5.75 Å². The molecule has 2 aromatic carbocycles. The van der Waals surface area contributed by atoms with Gasteiger partial charge in [-0.15, -0.1) is 23.4 Å². The molecule has 0 amide bonds. The molecular weight excluding hydrogens is 299 g/mol. The number of hydrogen-bond acceptors (Lipinski definition) is 2. The molecular formula is C15H14Cl2OS. The molecule has 0 spiro atoms. The molecule has 4 heteroatoms. The molecule has 2 rings (SSSR count). The minimum atomic E-state index is -0.216. The van der Waals surface area contributed by atoms with Gasteiger partial charge in [-0.2, -0.15) is 0 Å². The van der Waals surface area contributed by atoms with Crippen molar-refractivity contribution in [3.05, 3.63) is 58.6 Å². The van der Waals surface area contributed by atoms with Crippen LogP contribution >= 0.6 is 35.0 Å². The van der Waals surface area contributed by atoms with E-state index in [-0.39, 0.29) is 5.38 Å². The fourth-order valence-electron chi connectivity index (χ4n) is 1.90. The van der Waals surface area contributed by atoms with Gasteiger partial charge in [-0.25, -0.2) is 0 Å². The maximum atomic E-state index is 6.57. The molecule has 2 aromatic rings. The van der Waals surface area contributed by atoms with Gasteiger partial charge in [-0.05, 0) is 35.6 Å². The van der Waals surface area contributed by atoms with Crippen LogP contribution in [-0.2, 0) is 0 Å². The van der Waals surface area contributed by atoms with Crippen LogP contribution in [0.1, 0.15) is 16.5 Å². The number of thioether (sulfide) groups is 1. The SMILES string of the molecule is COc1ccc(C(Cl)c2ccccc2SC)cc1Cl. The van der Waals surface area contributed by atoms with E-state index in [4.69, 9.17) is 27.9 Å². The number of rotatable bonds is 4. The molecule has 0 aliphatic rings. The quantitative estimate of drug-likeness (QED) is 0.552. The van der Waals surface area contributed by atoms with Gasteiger partial charge >= 0.3 is 0 Å². The van der Waals surface area contributed by atoms with E-state index in [0.717, 1.165) is 11.1 Å². The standard InChI is InChI=1S/C15H14Cl2OS/c1-18-13-8-7-10(9-12(13)16)15(17)11-5-3-4-6-14(11)19-2/h3-9,15H,1-2H3. The zero-order valence-electron chi connectivity index (χ0n) is 10.7. The molecule has 0 saturated heterocycles. The third kappa shape index (κ3) is 3.19. The first-order valence-electron chi connectivity index (χ1n) is 5.77. The molecule has 0 heterocycles. The highest BCUT2D eigenvalue weighted by Crippen LogP contribution is 2.37. The van der Waals surface area contributed by atoms with Crippen molar-refractivity contribution in [3.63, 3.8) is 0 Å². The van der Waals surface area contributed by atoms with E-state index in [0.29, 0.717) is 10.8 Å². The Morgan fingerprint density at radius 2 is 1.89 bits per heavy atom. The number of benzene rings is 2. The first kappa shape index (κ1) is 14.6. The average molecular weight is 313 g/mol. The van der Waals surface area contributed by atoms with Crippen molar-refractivity contribution in [2.45, 2.75) is 10.3 Å². The molecule has 0 saturated carbocycles. The molecule has 0 N–H and O–H groups in total. The Morgan fingerprint density at radius 3 is 2.53 bits per heavy atom. The highest BCUT2D eigenvalue weighted by atomic mass is 35.5. The Labute approximate surface area is 127 Å². The maximum absolute atomic E-state index is 6.57. The highest BCUT2D eigenvalue weighted by Gasteiger charge is 2.15. The topological polar surface area (TPSA) is 9.23 Å². The normalized spacial score (nSPS) is 12.2. The lowest BCUT2D eigenvalue weighted by Gasteiger charge is -2.15. The van der Waals surface area contributed by atoms with E-state index in [1.54, 1.807) is 18.9 Å². The predicted molar refractivity (Wildman–Crippen MR) is 83.9 cm³/mol. The summed E-state index contributed by atoms with van der Waals surface area (Å²) >= 11 is 14.4. The van der Waals surface area contributed by atoms with E-state index in [1.807, 2.05) is 42.7 Å². The van der Waals surface area contributed by atoms with E-state index in [9.17, 15) is 0 Å². The Morgan fingerprint density at radius 1 is 1.16 bits per heavy atom. The van der Waals surface area contributed by atoms with Crippen molar-refractivity contribution in [1.82, 2.24) is 0 Å². The molecule has 1 nitrogen and oxygen atoms in total. The Bertz CT molecular complexity index is 572. The predicted octanol–water partition coefficient (Wildman–Crippen LogP) is 5.40. The summed E-state index contributed by atoms with van der Waals surface area (Å²) in [4.78, 5) is 1.18. The first-order chi connectivity index (χ1) is 9.17. The summed E-state index contributed by atoms with van der Waals surface area (Å²) in [5.41, 5.74) is 2.06. The van der Waals surface area contributed by atoms with Crippen molar-refractivity contribution >= 4 is 35.0 Å². The molecule has 1 atom stereocenters. The zero-order valence-corrected chi connectivity index (χ0v) is 13.0. The Balaban J connectivity index is 2.38. The van der Waals surface area contributed by atoms with Crippen molar-refractivity contribution in [2.24, 2.45) is 0 Å². The van der Waals surface area contributed by atoms with Gasteiger partial charge in [0.05, 0.1) is 17.5 Å². The highest BCUT2D eigenvalue weighted by molar-refractivity contribution is 7.98. The summed E-state index contributed by atoms with van der Waals surface area (Å²) < 4.78 is 5.15. The van der Waals surface area contributed by atoms with Gasteiger partial charge in [0.25, 0.3) is 0 Å². The van der Waals surface area contributed by atoms with Crippen LogP contribution in [0.4, 0.5) is 0 Å². The van der Waals surface area contributed by atoms with Crippen molar-refractivity contribution in [3.8, 4) is 5.75 Å². The molecule has 0 bridgehead atoms.